The van der Waals surface area contributed by atoms with Crippen LogP contribution in [0.4, 0.5) is 14.5 Å². The van der Waals surface area contributed by atoms with Crippen LogP contribution in [0, 0.1) is 18.6 Å². The fourth-order valence-corrected chi connectivity index (χ4v) is 5.02. The van der Waals surface area contributed by atoms with Crippen LogP contribution in [0.15, 0.2) is 29.3 Å². The molecule has 0 unspecified atom stereocenters. The molecule has 32 heavy (non-hydrogen) atoms. The number of carbonyl (C=O) groups excluding carboxylic acids is 2. The number of halogens is 2. The van der Waals surface area contributed by atoms with E-state index in [-0.39, 0.29) is 28.8 Å². The largest absolute Gasteiger partial charge is 0.338 e. The topological polar surface area (TPSA) is 84.3 Å². The monoisotopic (exact) mass is 460 g/mol. The Kier molecular flexibility index (Phi) is 6.05. The second-order valence-corrected chi connectivity index (χ2v) is 8.90. The summed E-state index contributed by atoms with van der Waals surface area (Å²) in [6.07, 6.45) is 4.25. The number of carbonyl (C=O) groups is 2. The van der Waals surface area contributed by atoms with Crippen LogP contribution in [0.25, 0.3) is 10.2 Å². The third-order valence-electron chi connectivity index (χ3n) is 5.75. The van der Waals surface area contributed by atoms with Gasteiger partial charge >= 0.3 is 0 Å². The first-order valence-corrected chi connectivity index (χ1v) is 11.1. The zero-order valence-electron chi connectivity index (χ0n) is 17.7. The maximum atomic E-state index is 13.9. The number of rotatable bonds is 4. The van der Waals surface area contributed by atoms with E-state index in [0.717, 1.165) is 42.7 Å². The highest BCUT2D eigenvalue weighted by Gasteiger charge is 2.25. The summed E-state index contributed by atoms with van der Waals surface area (Å²) in [5.41, 5.74) is -0.635. The summed E-state index contributed by atoms with van der Waals surface area (Å²) >= 11 is 0.956. The van der Waals surface area contributed by atoms with Crippen molar-refractivity contribution in [1.82, 2.24) is 14.5 Å². The van der Waals surface area contributed by atoms with Gasteiger partial charge in [0.05, 0.1) is 16.6 Å². The van der Waals surface area contributed by atoms with E-state index in [4.69, 9.17) is 0 Å². The average molecular weight is 461 g/mol. The van der Waals surface area contributed by atoms with Crippen LogP contribution in [0.3, 0.4) is 0 Å². The third-order valence-corrected chi connectivity index (χ3v) is 6.95. The molecule has 1 fully saturated rings. The Labute approximate surface area is 186 Å². The number of likely N-dealkylation sites (tertiary alicyclic amines) is 1. The third kappa shape index (κ3) is 4.02. The molecule has 1 N–H and O–H groups in total. The van der Waals surface area contributed by atoms with Crippen molar-refractivity contribution in [3.05, 3.63) is 57.0 Å². The molecular formula is C22H22F2N4O3S. The fourth-order valence-electron chi connectivity index (χ4n) is 3.98. The second kappa shape index (κ2) is 8.78. The average Bonchev–Trinajstić information content (AvgIpc) is 3.10. The number of fused-ring (bicyclic) bond motifs is 1. The number of anilines is 1. The van der Waals surface area contributed by atoms with Gasteiger partial charge in [0.1, 0.15) is 28.7 Å². The lowest BCUT2D eigenvalue weighted by Gasteiger charge is -2.33. The van der Waals surface area contributed by atoms with E-state index in [9.17, 15) is 23.2 Å². The van der Waals surface area contributed by atoms with Gasteiger partial charge in [-0.25, -0.2) is 13.8 Å². The molecule has 0 saturated carbocycles. The zero-order chi connectivity index (χ0) is 23.0. The van der Waals surface area contributed by atoms with E-state index in [1.54, 1.807) is 11.8 Å². The van der Waals surface area contributed by atoms with Gasteiger partial charge in [0, 0.05) is 12.6 Å². The molecule has 1 aliphatic rings. The van der Waals surface area contributed by atoms with Crippen LogP contribution in [0.5, 0.6) is 0 Å². The molecule has 7 nitrogen and oxygen atoms in total. The first kappa shape index (κ1) is 22.1. The number of nitrogens with one attached hydrogen (secondary N) is 1. The molecule has 1 atom stereocenters. The normalized spacial score (nSPS) is 16.4. The number of thiophene rings is 1. The number of benzene rings is 1. The number of amides is 2. The van der Waals surface area contributed by atoms with E-state index in [2.05, 4.69) is 10.3 Å². The standard InChI is InChI=1S/C22H22F2N4O3S/c1-12-6-3-4-9-28(12)16(29)10-27-11-25-21-17(22(27)31)13(2)19(32-21)20(30)26-18-14(23)7-5-8-15(18)24/h5,7-8,11-12H,3-4,6,9-10H2,1-2H3,(H,26,30)/t12-/m0/s1. The number of para-hydroxylation sites is 1. The van der Waals surface area contributed by atoms with E-state index in [1.165, 1.54) is 17.0 Å². The quantitative estimate of drug-likeness (QED) is 0.644. The molecule has 1 aromatic carbocycles. The van der Waals surface area contributed by atoms with Crippen molar-refractivity contribution in [2.24, 2.45) is 0 Å². The van der Waals surface area contributed by atoms with Gasteiger partial charge < -0.3 is 10.2 Å². The molecule has 0 aliphatic carbocycles. The van der Waals surface area contributed by atoms with Crippen LogP contribution >= 0.6 is 11.3 Å². The fraction of sp³-hybridized carbons (Fsp3) is 0.364. The second-order valence-electron chi connectivity index (χ2n) is 7.90. The van der Waals surface area contributed by atoms with Crippen molar-refractivity contribution in [2.75, 3.05) is 11.9 Å². The minimum absolute atomic E-state index is 0.126. The highest BCUT2D eigenvalue weighted by atomic mass is 32.1. The molecule has 0 radical (unpaired) electrons. The smallest absolute Gasteiger partial charge is 0.266 e. The van der Waals surface area contributed by atoms with E-state index in [0.29, 0.717) is 16.9 Å². The van der Waals surface area contributed by atoms with Gasteiger partial charge in [-0.15, -0.1) is 11.3 Å². The Morgan fingerprint density at radius 3 is 2.66 bits per heavy atom. The van der Waals surface area contributed by atoms with Crippen LogP contribution in [0.1, 0.15) is 41.4 Å². The molecule has 2 aromatic heterocycles. The molecule has 3 heterocycles. The van der Waals surface area contributed by atoms with E-state index >= 15 is 0 Å². The van der Waals surface area contributed by atoms with Gasteiger partial charge in [0.25, 0.3) is 11.5 Å². The SMILES string of the molecule is Cc1c(C(=O)Nc2c(F)cccc2F)sc2ncn(CC(=O)N3CCCC[C@@H]3C)c(=O)c12. The lowest BCUT2D eigenvalue weighted by atomic mass is 10.0. The molecular weight excluding hydrogens is 438 g/mol. The molecule has 1 aliphatic heterocycles. The van der Waals surface area contributed by atoms with Crippen molar-refractivity contribution in [3.63, 3.8) is 0 Å². The molecule has 0 spiro atoms. The Bertz CT molecular complexity index is 1250. The molecule has 4 rings (SSSR count). The van der Waals surface area contributed by atoms with Crippen molar-refractivity contribution < 1.29 is 18.4 Å². The molecule has 168 valence electrons. The summed E-state index contributed by atoms with van der Waals surface area (Å²) in [6.45, 7) is 4.10. The first-order chi connectivity index (χ1) is 15.3. The summed E-state index contributed by atoms with van der Waals surface area (Å²) in [4.78, 5) is 45.0. The van der Waals surface area contributed by atoms with Crippen molar-refractivity contribution in [1.29, 1.82) is 0 Å². The number of nitrogens with zero attached hydrogens (tertiary/aromatic N) is 3. The van der Waals surface area contributed by atoms with Crippen molar-refractivity contribution >= 4 is 39.1 Å². The maximum absolute atomic E-state index is 13.9. The van der Waals surface area contributed by atoms with Crippen molar-refractivity contribution in [2.45, 2.75) is 45.7 Å². The minimum atomic E-state index is -0.900. The van der Waals surface area contributed by atoms with Crippen molar-refractivity contribution in [3.8, 4) is 0 Å². The molecule has 2 amide bonds. The van der Waals surface area contributed by atoms with Gasteiger partial charge in [-0.3, -0.25) is 19.0 Å². The Morgan fingerprint density at radius 2 is 1.97 bits per heavy atom. The Morgan fingerprint density at radius 1 is 1.25 bits per heavy atom. The highest BCUT2D eigenvalue weighted by Crippen LogP contribution is 2.28. The first-order valence-electron chi connectivity index (χ1n) is 10.3. The summed E-state index contributed by atoms with van der Waals surface area (Å²) < 4.78 is 29.0. The van der Waals surface area contributed by atoms with Gasteiger partial charge in [-0.1, -0.05) is 6.07 Å². The summed E-state index contributed by atoms with van der Waals surface area (Å²) in [7, 11) is 0. The Hall–Kier alpha value is -3.14. The minimum Gasteiger partial charge on any atom is -0.338 e. The summed E-state index contributed by atoms with van der Waals surface area (Å²) in [5.74, 6) is -2.69. The molecule has 1 saturated heterocycles. The van der Waals surface area contributed by atoms with Crippen LogP contribution < -0.4 is 10.9 Å². The summed E-state index contributed by atoms with van der Waals surface area (Å²) in [6, 6.07) is 3.40. The number of hydrogen-bond acceptors (Lipinski definition) is 5. The number of piperidine rings is 1. The van der Waals surface area contributed by atoms with Gasteiger partial charge in [0.2, 0.25) is 5.91 Å². The molecule has 0 bridgehead atoms. The predicted molar refractivity (Wildman–Crippen MR) is 118 cm³/mol. The van der Waals surface area contributed by atoms with Crippen LogP contribution in [-0.4, -0.2) is 38.9 Å². The van der Waals surface area contributed by atoms with E-state index < -0.39 is 28.8 Å². The lowest BCUT2D eigenvalue weighted by Crippen LogP contribution is -2.44. The highest BCUT2D eigenvalue weighted by molar-refractivity contribution is 7.20. The van der Waals surface area contributed by atoms with Crippen LogP contribution in [-0.2, 0) is 11.3 Å². The Balaban J connectivity index is 1.63. The number of aromatic nitrogens is 2. The predicted octanol–water partition coefficient (Wildman–Crippen LogP) is 3.70. The molecule has 3 aromatic rings. The van der Waals surface area contributed by atoms with Gasteiger partial charge in [0.15, 0.2) is 0 Å². The van der Waals surface area contributed by atoms with Gasteiger partial charge in [-0.05, 0) is 50.8 Å². The molecule has 10 heteroatoms. The summed E-state index contributed by atoms with van der Waals surface area (Å²) in [5, 5.41) is 2.45. The van der Waals surface area contributed by atoms with E-state index in [1.807, 2.05) is 6.92 Å². The number of hydrogen-bond donors (Lipinski definition) is 1. The lowest BCUT2D eigenvalue weighted by molar-refractivity contribution is -0.135. The van der Waals surface area contributed by atoms with Crippen LogP contribution in [0.2, 0.25) is 0 Å². The zero-order valence-corrected chi connectivity index (χ0v) is 18.5. The number of aryl methyl sites for hydroxylation is 1. The van der Waals surface area contributed by atoms with Gasteiger partial charge in [-0.2, -0.15) is 0 Å². The maximum Gasteiger partial charge on any atom is 0.266 e.